The van der Waals surface area contributed by atoms with Crippen LogP contribution in [0.25, 0.3) is 0 Å². The summed E-state index contributed by atoms with van der Waals surface area (Å²) < 4.78 is 0. The van der Waals surface area contributed by atoms with Crippen molar-refractivity contribution in [2.75, 3.05) is 5.32 Å². The number of nitrogens with one attached hydrogen (secondary N) is 2. The van der Waals surface area contributed by atoms with Crippen LogP contribution < -0.4 is 10.7 Å². The van der Waals surface area contributed by atoms with E-state index in [1.165, 1.54) is 0 Å². The Morgan fingerprint density at radius 2 is 1.95 bits per heavy atom. The van der Waals surface area contributed by atoms with E-state index in [1.54, 1.807) is 25.5 Å². The summed E-state index contributed by atoms with van der Waals surface area (Å²) in [5.41, 5.74) is 5.44. The first-order valence-corrected chi connectivity index (χ1v) is 6.72. The Labute approximate surface area is 124 Å². The molecular formula is C16H18N4O. The highest BCUT2D eigenvalue weighted by Gasteiger charge is 2.12. The summed E-state index contributed by atoms with van der Waals surface area (Å²) in [5.74, 6) is -0.191. The number of amides is 1. The quantitative estimate of drug-likeness (QED) is 0.653. The van der Waals surface area contributed by atoms with Gasteiger partial charge in [0.2, 0.25) is 0 Å². The molecule has 0 saturated heterocycles. The third kappa shape index (κ3) is 4.42. The van der Waals surface area contributed by atoms with Crippen molar-refractivity contribution in [3.05, 3.63) is 59.9 Å². The zero-order chi connectivity index (χ0) is 15.1. The van der Waals surface area contributed by atoms with Crippen LogP contribution in [0.15, 0.2) is 53.9 Å². The van der Waals surface area contributed by atoms with Crippen molar-refractivity contribution in [1.29, 1.82) is 0 Å². The molecule has 5 heteroatoms. The van der Waals surface area contributed by atoms with E-state index in [0.29, 0.717) is 0 Å². The standard InChI is InChI=1S/C16H18N4O/c1-12-5-3-4-6-15(12)19-13(2)16(21)20-18-11-14-7-9-17-10-8-14/h3-11,13,19H,1-2H3,(H,20,21)/b18-11-/t13-/m1/s1. The number of nitrogens with zero attached hydrogens (tertiary/aromatic N) is 2. The third-order valence-electron chi connectivity index (χ3n) is 3.00. The summed E-state index contributed by atoms with van der Waals surface area (Å²) in [4.78, 5) is 15.9. The number of benzene rings is 1. The number of carbonyl (C=O) groups excluding carboxylic acids is 1. The number of hydrogen-bond acceptors (Lipinski definition) is 4. The van der Waals surface area contributed by atoms with Crippen molar-refractivity contribution in [3.8, 4) is 0 Å². The Morgan fingerprint density at radius 3 is 2.67 bits per heavy atom. The van der Waals surface area contributed by atoms with E-state index in [4.69, 9.17) is 0 Å². The summed E-state index contributed by atoms with van der Waals surface area (Å²) in [6.45, 7) is 3.79. The van der Waals surface area contributed by atoms with Crippen LogP contribution in [-0.4, -0.2) is 23.1 Å². The molecule has 0 unspecified atom stereocenters. The molecule has 2 rings (SSSR count). The maximum Gasteiger partial charge on any atom is 0.262 e. The minimum Gasteiger partial charge on any atom is -0.374 e. The van der Waals surface area contributed by atoms with Crippen LogP contribution in [0.4, 0.5) is 5.69 Å². The first kappa shape index (κ1) is 14.7. The molecule has 108 valence electrons. The largest absolute Gasteiger partial charge is 0.374 e. The van der Waals surface area contributed by atoms with Gasteiger partial charge in [0.1, 0.15) is 6.04 Å². The Kier molecular flexibility index (Phi) is 5.04. The van der Waals surface area contributed by atoms with Crippen LogP contribution in [0, 0.1) is 6.92 Å². The number of anilines is 1. The highest BCUT2D eigenvalue weighted by Crippen LogP contribution is 2.14. The molecule has 0 spiro atoms. The number of para-hydroxylation sites is 1. The van der Waals surface area contributed by atoms with Crippen molar-refractivity contribution in [3.63, 3.8) is 0 Å². The molecule has 0 radical (unpaired) electrons. The maximum atomic E-state index is 11.9. The second-order valence-corrected chi connectivity index (χ2v) is 4.70. The van der Waals surface area contributed by atoms with Crippen LogP contribution in [0.5, 0.6) is 0 Å². The topological polar surface area (TPSA) is 66.4 Å². The van der Waals surface area contributed by atoms with Gasteiger partial charge in [-0.05, 0) is 43.2 Å². The Bertz CT molecular complexity index is 625. The second-order valence-electron chi connectivity index (χ2n) is 4.70. The molecule has 0 aliphatic carbocycles. The average molecular weight is 282 g/mol. The van der Waals surface area contributed by atoms with Gasteiger partial charge in [-0.2, -0.15) is 5.10 Å². The number of pyridine rings is 1. The fourth-order valence-electron chi connectivity index (χ4n) is 1.75. The van der Waals surface area contributed by atoms with Gasteiger partial charge in [0.25, 0.3) is 5.91 Å². The van der Waals surface area contributed by atoms with E-state index in [0.717, 1.165) is 16.8 Å². The number of carbonyl (C=O) groups is 1. The first-order valence-electron chi connectivity index (χ1n) is 6.72. The van der Waals surface area contributed by atoms with E-state index >= 15 is 0 Å². The van der Waals surface area contributed by atoms with Crippen LogP contribution in [0.1, 0.15) is 18.1 Å². The van der Waals surface area contributed by atoms with Gasteiger partial charge >= 0.3 is 0 Å². The molecular weight excluding hydrogens is 264 g/mol. The second kappa shape index (κ2) is 7.19. The lowest BCUT2D eigenvalue weighted by Gasteiger charge is -2.15. The molecule has 5 nitrogen and oxygen atoms in total. The third-order valence-corrected chi connectivity index (χ3v) is 3.00. The van der Waals surface area contributed by atoms with Gasteiger partial charge < -0.3 is 5.32 Å². The summed E-state index contributed by atoms with van der Waals surface area (Å²) in [7, 11) is 0. The fraction of sp³-hybridized carbons (Fsp3) is 0.188. The molecule has 0 fully saturated rings. The van der Waals surface area contributed by atoms with E-state index in [1.807, 2.05) is 43.3 Å². The molecule has 2 N–H and O–H groups in total. The van der Waals surface area contributed by atoms with Crippen molar-refractivity contribution < 1.29 is 4.79 Å². The smallest absolute Gasteiger partial charge is 0.262 e. The highest BCUT2D eigenvalue weighted by molar-refractivity contribution is 5.86. The van der Waals surface area contributed by atoms with Crippen molar-refractivity contribution in [1.82, 2.24) is 10.4 Å². The van der Waals surface area contributed by atoms with Gasteiger partial charge in [0.15, 0.2) is 0 Å². The predicted octanol–water partition coefficient (Wildman–Crippen LogP) is 2.34. The molecule has 1 aromatic carbocycles. The molecule has 21 heavy (non-hydrogen) atoms. The molecule has 1 amide bonds. The number of hydrogen-bond donors (Lipinski definition) is 2. The normalized spacial score (nSPS) is 12.1. The van der Waals surface area contributed by atoms with Crippen molar-refractivity contribution >= 4 is 17.8 Å². The van der Waals surface area contributed by atoms with Crippen LogP contribution in [0.2, 0.25) is 0 Å². The summed E-state index contributed by atoms with van der Waals surface area (Å²) in [6, 6.07) is 11.1. The van der Waals surface area contributed by atoms with Gasteiger partial charge in [-0.3, -0.25) is 9.78 Å². The summed E-state index contributed by atoms with van der Waals surface area (Å²) in [6.07, 6.45) is 4.93. The lowest BCUT2D eigenvalue weighted by Crippen LogP contribution is -2.35. The molecule has 1 heterocycles. The number of aryl methyl sites for hydroxylation is 1. The SMILES string of the molecule is Cc1ccccc1N[C@H](C)C(=O)N/N=C\c1ccncc1. The Hall–Kier alpha value is -2.69. The predicted molar refractivity (Wildman–Crippen MR) is 84.2 cm³/mol. The molecule has 1 atom stereocenters. The Morgan fingerprint density at radius 1 is 1.24 bits per heavy atom. The van der Waals surface area contributed by atoms with Gasteiger partial charge in [0.05, 0.1) is 6.21 Å². The molecule has 0 bridgehead atoms. The maximum absolute atomic E-state index is 11.9. The zero-order valence-corrected chi connectivity index (χ0v) is 12.1. The fourth-order valence-corrected chi connectivity index (χ4v) is 1.75. The summed E-state index contributed by atoms with van der Waals surface area (Å²) >= 11 is 0. The molecule has 2 aromatic rings. The van der Waals surface area contributed by atoms with Gasteiger partial charge in [-0.15, -0.1) is 0 Å². The number of aromatic nitrogens is 1. The molecule has 0 saturated carbocycles. The van der Waals surface area contributed by atoms with Crippen molar-refractivity contribution in [2.45, 2.75) is 19.9 Å². The summed E-state index contributed by atoms with van der Waals surface area (Å²) in [5, 5.41) is 7.10. The number of rotatable bonds is 5. The van der Waals surface area contributed by atoms with Gasteiger partial charge in [0, 0.05) is 18.1 Å². The van der Waals surface area contributed by atoms with Crippen LogP contribution in [0.3, 0.4) is 0 Å². The molecule has 0 aliphatic rings. The van der Waals surface area contributed by atoms with Crippen molar-refractivity contribution in [2.24, 2.45) is 5.10 Å². The zero-order valence-electron chi connectivity index (χ0n) is 12.1. The van der Waals surface area contributed by atoms with E-state index in [-0.39, 0.29) is 11.9 Å². The van der Waals surface area contributed by atoms with Gasteiger partial charge in [-0.25, -0.2) is 5.43 Å². The molecule has 1 aromatic heterocycles. The minimum atomic E-state index is -0.374. The Balaban J connectivity index is 1.88. The lowest BCUT2D eigenvalue weighted by atomic mass is 10.2. The van der Waals surface area contributed by atoms with E-state index in [9.17, 15) is 4.79 Å². The first-order chi connectivity index (χ1) is 10.2. The van der Waals surface area contributed by atoms with Crippen LogP contribution >= 0.6 is 0 Å². The highest BCUT2D eigenvalue weighted by atomic mass is 16.2. The lowest BCUT2D eigenvalue weighted by molar-refractivity contribution is -0.121. The average Bonchev–Trinajstić information content (AvgIpc) is 2.50. The molecule has 0 aliphatic heterocycles. The van der Waals surface area contributed by atoms with E-state index in [2.05, 4.69) is 20.8 Å². The number of hydrazone groups is 1. The van der Waals surface area contributed by atoms with Gasteiger partial charge in [-0.1, -0.05) is 18.2 Å². The minimum absolute atomic E-state index is 0.191. The monoisotopic (exact) mass is 282 g/mol. The van der Waals surface area contributed by atoms with E-state index < -0.39 is 0 Å². The van der Waals surface area contributed by atoms with Crippen LogP contribution in [-0.2, 0) is 4.79 Å².